The van der Waals surface area contributed by atoms with Gasteiger partial charge in [-0.05, 0) is 40.5 Å². The second-order valence-electron chi connectivity index (χ2n) is 3.82. The van der Waals surface area contributed by atoms with Crippen molar-refractivity contribution >= 4 is 21.8 Å². The van der Waals surface area contributed by atoms with E-state index in [-0.39, 0.29) is 10.4 Å². The van der Waals surface area contributed by atoms with Gasteiger partial charge in [0.1, 0.15) is 5.82 Å². The molecule has 0 spiro atoms. The fourth-order valence-corrected chi connectivity index (χ4v) is 2.12. The van der Waals surface area contributed by atoms with Gasteiger partial charge in [0.25, 0.3) is 5.91 Å². The molecule has 1 aromatic rings. The van der Waals surface area contributed by atoms with Crippen LogP contribution in [-0.4, -0.2) is 35.1 Å². The summed E-state index contributed by atoms with van der Waals surface area (Å²) in [7, 11) is 0. The summed E-state index contributed by atoms with van der Waals surface area (Å²) in [6, 6.07) is 4.17. The highest BCUT2D eigenvalue weighted by molar-refractivity contribution is 9.10. The van der Waals surface area contributed by atoms with Gasteiger partial charge in [-0.25, -0.2) is 4.39 Å². The number of hydrogen-bond acceptors (Lipinski definition) is 2. The lowest BCUT2D eigenvalue weighted by Gasteiger charge is -2.15. The highest BCUT2D eigenvalue weighted by atomic mass is 79.9. The summed E-state index contributed by atoms with van der Waals surface area (Å²) in [6.45, 7) is 0.906. The molecule has 16 heavy (non-hydrogen) atoms. The number of amides is 1. The molecule has 0 aliphatic carbocycles. The van der Waals surface area contributed by atoms with Crippen LogP contribution in [-0.2, 0) is 0 Å². The SMILES string of the molecule is O=C(c1ccc(F)c(Br)c1)N1CC[C@@H](O)C1. The van der Waals surface area contributed by atoms with E-state index < -0.39 is 11.9 Å². The molecule has 1 heterocycles. The Morgan fingerprint density at radius 3 is 2.88 bits per heavy atom. The van der Waals surface area contributed by atoms with Gasteiger partial charge in [0, 0.05) is 18.7 Å². The van der Waals surface area contributed by atoms with E-state index in [0.717, 1.165) is 0 Å². The molecule has 1 aliphatic heterocycles. The first-order valence-electron chi connectivity index (χ1n) is 5.00. The predicted molar refractivity (Wildman–Crippen MR) is 60.6 cm³/mol. The standard InChI is InChI=1S/C11H11BrFNO2/c12-9-5-7(1-2-10(9)13)11(16)14-4-3-8(15)6-14/h1-2,5,8,15H,3-4,6H2/t8-/m1/s1. The highest BCUT2D eigenvalue weighted by Gasteiger charge is 2.25. The van der Waals surface area contributed by atoms with Crippen LogP contribution in [0.4, 0.5) is 4.39 Å². The van der Waals surface area contributed by atoms with Gasteiger partial charge in [0.2, 0.25) is 0 Å². The lowest BCUT2D eigenvalue weighted by molar-refractivity contribution is 0.0765. The lowest BCUT2D eigenvalue weighted by atomic mass is 10.2. The van der Waals surface area contributed by atoms with Gasteiger partial charge in [-0.2, -0.15) is 0 Å². The summed E-state index contributed by atoms with van der Waals surface area (Å²) in [5, 5.41) is 9.33. The van der Waals surface area contributed by atoms with Crippen LogP contribution in [0.2, 0.25) is 0 Å². The van der Waals surface area contributed by atoms with Crippen molar-refractivity contribution in [2.45, 2.75) is 12.5 Å². The molecular weight excluding hydrogens is 277 g/mol. The van der Waals surface area contributed by atoms with E-state index in [0.29, 0.717) is 25.1 Å². The quantitative estimate of drug-likeness (QED) is 0.856. The normalized spacial score (nSPS) is 20.2. The van der Waals surface area contributed by atoms with Crippen molar-refractivity contribution in [2.24, 2.45) is 0 Å². The van der Waals surface area contributed by atoms with Gasteiger partial charge in [-0.15, -0.1) is 0 Å². The molecule has 0 aromatic heterocycles. The number of halogens is 2. The van der Waals surface area contributed by atoms with Crippen molar-refractivity contribution in [2.75, 3.05) is 13.1 Å². The fourth-order valence-electron chi connectivity index (χ4n) is 1.74. The van der Waals surface area contributed by atoms with Gasteiger partial charge in [-0.3, -0.25) is 4.79 Å². The molecule has 1 atom stereocenters. The number of rotatable bonds is 1. The van der Waals surface area contributed by atoms with Gasteiger partial charge in [-0.1, -0.05) is 0 Å². The topological polar surface area (TPSA) is 40.5 Å². The fraction of sp³-hybridized carbons (Fsp3) is 0.364. The third-order valence-electron chi connectivity index (χ3n) is 2.62. The Balaban J connectivity index is 2.18. The second-order valence-corrected chi connectivity index (χ2v) is 4.68. The van der Waals surface area contributed by atoms with Gasteiger partial charge >= 0.3 is 0 Å². The lowest BCUT2D eigenvalue weighted by Crippen LogP contribution is -2.29. The highest BCUT2D eigenvalue weighted by Crippen LogP contribution is 2.19. The number of carbonyl (C=O) groups excluding carboxylic acids is 1. The number of benzene rings is 1. The Labute approximate surface area is 101 Å². The maximum absolute atomic E-state index is 13.0. The number of β-amino-alcohol motifs (C(OH)–C–C–N with tert-alkyl or cyclic N) is 1. The molecular formula is C11H11BrFNO2. The van der Waals surface area contributed by atoms with E-state index in [1.54, 1.807) is 4.90 Å². The molecule has 1 N–H and O–H groups in total. The zero-order chi connectivity index (χ0) is 11.7. The Morgan fingerprint density at radius 2 is 2.31 bits per heavy atom. The number of hydrogen-bond donors (Lipinski definition) is 1. The smallest absolute Gasteiger partial charge is 0.253 e. The van der Waals surface area contributed by atoms with E-state index in [9.17, 15) is 14.3 Å². The molecule has 1 aliphatic rings. The van der Waals surface area contributed by atoms with Crippen LogP contribution in [0.1, 0.15) is 16.8 Å². The Kier molecular flexibility index (Phi) is 3.25. The monoisotopic (exact) mass is 287 g/mol. The first kappa shape index (κ1) is 11.5. The molecule has 0 unspecified atom stereocenters. The molecule has 1 amide bonds. The van der Waals surface area contributed by atoms with Crippen LogP contribution in [0.3, 0.4) is 0 Å². The second kappa shape index (κ2) is 4.51. The van der Waals surface area contributed by atoms with Crippen LogP contribution < -0.4 is 0 Å². The molecule has 2 rings (SSSR count). The van der Waals surface area contributed by atoms with E-state index >= 15 is 0 Å². The van der Waals surface area contributed by atoms with Crippen molar-refractivity contribution < 1.29 is 14.3 Å². The maximum atomic E-state index is 13.0. The van der Waals surface area contributed by atoms with Crippen molar-refractivity contribution in [3.63, 3.8) is 0 Å². The van der Waals surface area contributed by atoms with Crippen LogP contribution in [0.25, 0.3) is 0 Å². The van der Waals surface area contributed by atoms with Crippen molar-refractivity contribution in [3.05, 3.63) is 34.1 Å². The maximum Gasteiger partial charge on any atom is 0.253 e. The summed E-state index contributed by atoms with van der Waals surface area (Å²) in [4.78, 5) is 13.5. The van der Waals surface area contributed by atoms with Gasteiger partial charge in [0.15, 0.2) is 0 Å². The third kappa shape index (κ3) is 2.25. The zero-order valence-corrected chi connectivity index (χ0v) is 10.1. The number of nitrogens with zero attached hydrogens (tertiary/aromatic N) is 1. The Hall–Kier alpha value is -0.940. The third-order valence-corrected chi connectivity index (χ3v) is 3.22. The van der Waals surface area contributed by atoms with Crippen molar-refractivity contribution in [3.8, 4) is 0 Å². The first-order valence-corrected chi connectivity index (χ1v) is 5.79. The average molecular weight is 288 g/mol. The summed E-state index contributed by atoms with van der Waals surface area (Å²) < 4.78 is 13.3. The number of aliphatic hydroxyl groups excluding tert-OH is 1. The minimum absolute atomic E-state index is 0.169. The summed E-state index contributed by atoms with van der Waals surface area (Å²) in [5.74, 6) is -0.560. The molecule has 1 aromatic carbocycles. The van der Waals surface area contributed by atoms with Crippen LogP contribution in [0.5, 0.6) is 0 Å². The average Bonchev–Trinajstić information content (AvgIpc) is 2.68. The van der Waals surface area contributed by atoms with E-state index in [4.69, 9.17) is 0 Å². The van der Waals surface area contributed by atoms with Crippen molar-refractivity contribution in [1.82, 2.24) is 4.90 Å². The van der Waals surface area contributed by atoms with Crippen molar-refractivity contribution in [1.29, 1.82) is 0 Å². The Morgan fingerprint density at radius 1 is 1.56 bits per heavy atom. The summed E-state index contributed by atoms with van der Waals surface area (Å²) >= 11 is 3.04. The predicted octanol–water partition coefficient (Wildman–Crippen LogP) is 1.79. The van der Waals surface area contributed by atoms with Crippen LogP contribution in [0, 0.1) is 5.82 Å². The minimum Gasteiger partial charge on any atom is -0.391 e. The van der Waals surface area contributed by atoms with E-state index in [2.05, 4.69) is 15.9 Å². The molecule has 3 nitrogen and oxygen atoms in total. The molecule has 1 saturated heterocycles. The minimum atomic E-state index is -0.437. The molecule has 0 bridgehead atoms. The first-order chi connectivity index (χ1) is 7.58. The van der Waals surface area contributed by atoms with Gasteiger partial charge in [0.05, 0.1) is 10.6 Å². The number of aliphatic hydroxyl groups is 1. The molecule has 0 radical (unpaired) electrons. The summed E-state index contributed by atoms with van der Waals surface area (Å²) in [6.07, 6.45) is 0.168. The van der Waals surface area contributed by atoms with Crippen LogP contribution >= 0.6 is 15.9 Å². The van der Waals surface area contributed by atoms with E-state index in [1.165, 1.54) is 18.2 Å². The molecule has 1 fully saturated rings. The number of carbonyl (C=O) groups is 1. The van der Waals surface area contributed by atoms with E-state index in [1.807, 2.05) is 0 Å². The zero-order valence-electron chi connectivity index (χ0n) is 8.49. The largest absolute Gasteiger partial charge is 0.391 e. The summed E-state index contributed by atoms with van der Waals surface area (Å²) in [5.41, 5.74) is 0.433. The molecule has 86 valence electrons. The van der Waals surface area contributed by atoms with Gasteiger partial charge < -0.3 is 10.0 Å². The molecule has 0 saturated carbocycles. The Bertz CT molecular complexity index is 424. The van der Waals surface area contributed by atoms with Crippen LogP contribution in [0.15, 0.2) is 22.7 Å². The number of likely N-dealkylation sites (tertiary alicyclic amines) is 1. The molecule has 5 heteroatoms.